The Morgan fingerprint density at radius 3 is 2.91 bits per heavy atom. The number of carbonyl (C=O) groups is 1. The molecule has 0 aromatic heterocycles. The summed E-state index contributed by atoms with van der Waals surface area (Å²) < 4.78 is 0. The number of Topliss-reactive ketones (excluding diaryl/α,β-unsaturated/α-hetero) is 1. The van der Waals surface area contributed by atoms with Crippen molar-refractivity contribution >= 4 is 5.78 Å². The molecule has 0 saturated carbocycles. The molecule has 0 radical (unpaired) electrons. The number of rotatable bonds is 2. The predicted molar refractivity (Wildman–Crippen MR) is 46.3 cm³/mol. The second-order valence-electron chi connectivity index (χ2n) is 3.53. The van der Waals surface area contributed by atoms with E-state index in [1.165, 1.54) is 6.42 Å². The quantitative estimate of drug-likeness (QED) is 0.556. The van der Waals surface area contributed by atoms with Crippen LogP contribution < -0.4 is 0 Å². The second-order valence-corrected chi connectivity index (χ2v) is 3.53. The Morgan fingerprint density at radius 1 is 1.64 bits per heavy atom. The Morgan fingerprint density at radius 2 is 2.36 bits per heavy atom. The van der Waals surface area contributed by atoms with Gasteiger partial charge >= 0.3 is 0 Å². The molecule has 0 N–H and O–H groups in total. The van der Waals surface area contributed by atoms with Crippen molar-refractivity contribution in [1.82, 2.24) is 0 Å². The number of ketones is 1. The average molecular weight is 152 g/mol. The van der Waals surface area contributed by atoms with Crippen molar-refractivity contribution in [3.05, 3.63) is 12.2 Å². The van der Waals surface area contributed by atoms with Gasteiger partial charge in [-0.2, -0.15) is 0 Å². The minimum Gasteiger partial charge on any atom is -0.300 e. The van der Waals surface area contributed by atoms with Crippen molar-refractivity contribution in [1.29, 1.82) is 0 Å². The molecule has 0 fully saturated rings. The van der Waals surface area contributed by atoms with Crippen LogP contribution in [0.2, 0.25) is 0 Å². The Labute approximate surface area is 68.5 Å². The van der Waals surface area contributed by atoms with Crippen molar-refractivity contribution in [3.63, 3.8) is 0 Å². The summed E-state index contributed by atoms with van der Waals surface area (Å²) in [7, 11) is 0. The van der Waals surface area contributed by atoms with Crippen molar-refractivity contribution in [2.24, 2.45) is 11.8 Å². The van der Waals surface area contributed by atoms with Crippen LogP contribution in [0.4, 0.5) is 0 Å². The first kappa shape index (κ1) is 8.51. The molecule has 0 saturated heterocycles. The molecule has 11 heavy (non-hydrogen) atoms. The van der Waals surface area contributed by atoms with E-state index in [1.54, 1.807) is 6.92 Å². The van der Waals surface area contributed by atoms with E-state index in [4.69, 9.17) is 0 Å². The zero-order valence-electron chi connectivity index (χ0n) is 7.34. The predicted octanol–water partition coefficient (Wildman–Crippen LogP) is 2.57. The van der Waals surface area contributed by atoms with Crippen LogP contribution in [0.5, 0.6) is 0 Å². The molecule has 2 atom stereocenters. The summed E-state index contributed by atoms with van der Waals surface area (Å²) in [5.41, 5.74) is 0. The van der Waals surface area contributed by atoms with E-state index in [-0.39, 0.29) is 0 Å². The molecule has 1 aliphatic rings. The Bertz CT molecular complexity index is 170. The van der Waals surface area contributed by atoms with Crippen molar-refractivity contribution in [3.8, 4) is 0 Å². The fraction of sp³-hybridized carbons (Fsp3) is 0.700. The summed E-state index contributed by atoms with van der Waals surface area (Å²) in [6.07, 6.45) is 7.57. The summed E-state index contributed by atoms with van der Waals surface area (Å²) in [4.78, 5) is 10.8. The second kappa shape index (κ2) is 3.70. The smallest absolute Gasteiger partial charge is 0.130 e. The van der Waals surface area contributed by atoms with E-state index in [0.717, 1.165) is 12.8 Å². The highest BCUT2D eigenvalue weighted by Crippen LogP contribution is 2.26. The van der Waals surface area contributed by atoms with Gasteiger partial charge < -0.3 is 4.79 Å². The van der Waals surface area contributed by atoms with E-state index < -0.39 is 0 Å². The molecule has 0 amide bonds. The van der Waals surface area contributed by atoms with Gasteiger partial charge in [0.1, 0.15) is 5.78 Å². The standard InChI is InChI=1S/C10H16O/c1-8-5-3-4-6-10(8)7-9(2)11/h3,5,8,10H,4,6-7H2,1-2H3/t8-,10-/m0/s1. The first-order valence-corrected chi connectivity index (χ1v) is 4.36. The minimum atomic E-state index is 0.331. The summed E-state index contributed by atoms with van der Waals surface area (Å²) in [5, 5.41) is 0. The summed E-state index contributed by atoms with van der Waals surface area (Å²) in [6, 6.07) is 0. The van der Waals surface area contributed by atoms with Gasteiger partial charge in [0.25, 0.3) is 0 Å². The SMILES string of the molecule is CC(=O)C[C@@H]1CCC=C[C@@H]1C. The third kappa shape index (κ3) is 2.49. The maximum atomic E-state index is 10.8. The van der Waals surface area contributed by atoms with E-state index in [2.05, 4.69) is 19.1 Å². The monoisotopic (exact) mass is 152 g/mol. The van der Waals surface area contributed by atoms with Crippen LogP contribution in [0, 0.1) is 11.8 Å². The molecule has 0 aromatic rings. The number of hydrogen-bond donors (Lipinski definition) is 0. The van der Waals surface area contributed by atoms with Crippen molar-refractivity contribution in [2.75, 3.05) is 0 Å². The maximum absolute atomic E-state index is 10.8. The molecule has 0 unspecified atom stereocenters. The fourth-order valence-electron chi connectivity index (χ4n) is 1.70. The molecule has 0 heterocycles. The normalized spacial score (nSPS) is 30.4. The number of allylic oxidation sites excluding steroid dienone is 2. The Balaban J connectivity index is 2.45. The maximum Gasteiger partial charge on any atom is 0.130 e. The van der Waals surface area contributed by atoms with E-state index >= 15 is 0 Å². The first-order valence-electron chi connectivity index (χ1n) is 4.36. The topological polar surface area (TPSA) is 17.1 Å². The molecule has 1 nitrogen and oxygen atoms in total. The van der Waals surface area contributed by atoms with Gasteiger partial charge in [0.15, 0.2) is 0 Å². The van der Waals surface area contributed by atoms with E-state index in [1.807, 2.05) is 0 Å². The zero-order chi connectivity index (χ0) is 8.27. The largest absolute Gasteiger partial charge is 0.300 e. The Kier molecular flexibility index (Phi) is 2.86. The van der Waals surface area contributed by atoms with Gasteiger partial charge in [-0.1, -0.05) is 19.1 Å². The summed E-state index contributed by atoms with van der Waals surface area (Å²) in [6.45, 7) is 3.88. The van der Waals surface area contributed by atoms with Gasteiger partial charge in [0, 0.05) is 6.42 Å². The molecule has 1 rings (SSSR count). The van der Waals surface area contributed by atoms with Crippen LogP contribution in [0.3, 0.4) is 0 Å². The Hall–Kier alpha value is -0.590. The highest BCUT2D eigenvalue weighted by molar-refractivity contribution is 5.75. The molecular weight excluding hydrogens is 136 g/mol. The highest BCUT2D eigenvalue weighted by Gasteiger charge is 2.18. The van der Waals surface area contributed by atoms with Crippen molar-refractivity contribution in [2.45, 2.75) is 33.1 Å². The van der Waals surface area contributed by atoms with E-state index in [0.29, 0.717) is 17.6 Å². The van der Waals surface area contributed by atoms with Crippen molar-refractivity contribution < 1.29 is 4.79 Å². The molecule has 0 bridgehead atoms. The molecular formula is C10H16O. The molecule has 0 aliphatic heterocycles. The van der Waals surface area contributed by atoms with Gasteiger partial charge in [-0.3, -0.25) is 0 Å². The lowest BCUT2D eigenvalue weighted by molar-refractivity contribution is -0.118. The van der Waals surface area contributed by atoms with Gasteiger partial charge in [-0.15, -0.1) is 0 Å². The summed E-state index contributed by atoms with van der Waals surface area (Å²) >= 11 is 0. The molecule has 0 aromatic carbocycles. The minimum absolute atomic E-state index is 0.331. The molecule has 62 valence electrons. The molecule has 0 spiro atoms. The lowest BCUT2D eigenvalue weighted by atomic mass is 9.82. The van der Waals surface area contributed by atoms with Crippen LogP contribution in [-0.4, -0.2) is 5.78 Å². The van der Waals surface area contributed by atoms with Gasteiger partial charge in [-0.05, 0) is 31.6 Å². The average Bonchev–Trinajstić information content (AvgIpc) is 1.93. The van der Waals surface area contributed by atoms with Crippen LogP contribution in [0.15, 0.2) is 12.2 Å². The molecule has 1 aliphatic carbocycles. The highest BCUT2D eigenvalue weighted by atomic mass is 16.1. The van der Waals surface area contributed by atoms with Crippen LogP contribution >= 0.6 is 0 Å². The third-order valence-electron chi connectivity index (χ3n) is 2.44. The fourth-order valence-corrected chi connectivity index (χ4v) is 1.70. The zero-order valence-corrected chi connectivity index (χ0v) is 7.34. The lowest BCUT2D eigenvalue weighted by Gasteiger charge is -2.23. The van der Waals surface area contributed by atoms with Gasteiger partial charge in [0.05, 0.1) is 0 Å². The number of hydrogen-bond acceptors (Lipinski definition) is 1. The third-order valence-corrected chi connectivity index (χ3v) is 2.44. The van der Waals surface area contributed by atoms with E-state index in [9.17, 15) is 4.79 Å². The van der Waals surface area contributed by atoms with Crippen LogP contribution in [0.1, 0.15) is 33.1 Å². The molecule has 1 heteroatoms. The summed E-state index contributed by atoms with van der Waals surface area (Å²) in [5.74, 6) is 1.54. The lowest BCUT2D eigenvalue weighted by Crippen LogP contribution is -2.15. The number of carbonyl (C=O) groups excluding carboxylic acids is 1. The van der Waals surface area contributed by atoms with Crippen LogP contribution in [0.25, 0.3) is 0 Å². The van der Waals surface area contributed by atoms with Gasteiger partial charge in [-0.25, -0.2) is 0 Å². The first-order chi connectivity index (χ1) is 5.20. The van der Waals surface area contributed by atoms with Crippen LogP contribution in [-0.2, 0) is 4.79 Å². The van der Waals surface area contributed by atoms with Gasteiger partial charge in [0.2, 0.25) is 0 Å².